The summed E-state index contributed by atoms with van der Waals surface area (Å²) in [6.07, 6.45) is -59.9. The van der Waals surface area contributed by atoms with Crippen molar-refractivity contribution in [3.8, 4) is 0 Å². The van der Waals surface area contributed by atoms with Crippen LogP contribution >= 0.6 is 0 Å². The molecule has 742 valence electrons. The molecule has 12 aliphatic rings. The zero-order valence-electron chi connectivity index (χ0n) is 71.1. The van der Waals surface area contributed by atoms with Crippen LogP contribution in [0.2, 0.25) is 0 Å². The molecule has 25 N–H and O–H groups in total. The number of ether oxygens (including phenoxy) is 19. The van der Waals surface area contributed by atoms with Gasteiger partial charge in [-0.2, -0.15) is 0 Å². The highest BCUT2D eigenvalue weighted by atomic mass is 16.8. The summed E-state index contributed by atoms with van der Waals surface area (Å²) >= 11 is 0. The molecule has 0 spiro atoms. The summed E-state index contributed by atoms with van der Waals surface area (Å²) in [5.41, 5.74) is 0. The molecule has 46 atom stereocenters. The molecule has 0 bridgehead atoms. The number of rotatable bonds is 32. The number of aliphatic hydroxyl groups is 25. The van der Waals surface area contributed by atoms with Crippen LogP contribution < -0.4 is 0 Å². The number of methoxy groups -OCH3 is 2. The second-order valence-corrected chi connectivity index (χ2v) is 35.6. The van der Waals surface area contributed by atoms with Crippen molar-refractivity contribution in [2.75, 3.05) is 53.9 Å². The highest BCUT2D eigenvalue weighted by molar-refractivity contribution is 5.90. The number of hydrogen-bond donors (Lipinski definition) is 24. The van der Waals surface area contributed by atoms with E-state index in [4.69, 9.17) is 95.1 Å². The Hall–Kier alpha value is -4.95. The lowest BCUT2D eigenvalue weighted by Gasteiger charge is -2.50. The second-order valence-electron chi connectivity index (χ2n) is 35.6. The van der Waals surface area contributed by atoms with Crippen LogP contribution in [0.3, 0.4) is 0 Å². The average Bonchev–Trinajstić information content (AvgIpc) is 0.778. The van der Waals surface area contributed by atoms with Crippen LogP contribution in [-0.2, 0) is 109 Å². The minimum atomic E-state index is -2.19. The number of carbonyl (C=O) groups is 5. The van der Waals surface area contributed by atoms with E-state index in [1.807, 2.05) is 0 Å². The van der Waals surface area contributed by atoms with Gasteiger partial charge in [-0.3, -0.25) is 9.59 Å². The molecule has 0 radical (unpaired) electrons. The number of esters is 4. The maximum Gasteiger partial charge on any atom is 0.330 e. The molecular weight excluding hydrogens is 1750 g/mol. The Labute approximate surface area is 743 Å². The molecule has 48 heteroatoms. The molecule has 0 amide bonds. The summed E-state index contributed by atoms with van der Waals surface area (Å²) in [5.74, 6) is -8.95. The lowest BCUT2D eigenvalue weighted by molar-refractivity contribution is -0.385. The number of hydrogen-bond acceptors (Lipinski definition) is 46. The minimum absolute atomic E-state index is 0.0130. The highest BCUT2D eigenvalue weighted by Gasteiger charge is 2.60. The fraction of sp³-hybridized carbons (Fsp3) is 0.866. The zero-order valence-corrected chi connectivity index (χ0v) is 71.1. The van der Waals surface area contributed by atoms with Crippen LogP contribution in [0.5, 0.6) is 0 Å². The van der Waals surface area contributed by atoms with Gasteiger partial charge in [0.2, 0.25) is 0 Å². The normalized spacial score (nSPS) is 47.6. The van der Waals surface area contributed by atoms with Gasteiger partial charge in [-0.15, -0.1) is 0 Å². The van der Waals surface area contributed by atoms with E-state index in [1.54, 1.807) is 0 Å². The Morgan fingerprint density at radius 1 is 0.354 bits per heavy atom. The van der Waals surface area contributed by atoms with Gasteiger partial charge in [-0.25, -0.2) is 14.4 Å². The van der Waals surface area contributed by atoms with Gasteiger partial charge in [-0.05, 0) is 94.8 Å². The highest BCUT2D eigenvalue weighted by Crippen LogP contribution is 2.46. The number of carboxylic acid groups (broad SMARTS) is 1. The van der Waals surface area contributed by atoms with Gasteiger partial charge in [0.1, 0.15) is 173 Å². The van der Waals surface area contributed by atoms with E-state index in [9.17, 15) is 141 Å². The predicted molar refractivity (Wildman–Crippen MR) is 419 cm³/mol. The summed E-state index contributed by atoms with van der Waals surface area (Å²) in [5, 5.41) is 260. The first-order valence-corrected chi connectivity index (χ1v) is 43.9. The van der Waals surface area contributed by atoms with Gasteiger partial charge >= 0.3 is 29.8 Å². The fourth-order valence-corrected chi connectivity index (χ4v) is 19.2. The van der Waals surface area contributed by atoms with Crippen molar-refractivity contribution in [2.45, 2.75) is 360 Å². The Kier molecular flexibility index (Phi) is 37.5. The van der Waals surface area contributed by atoms with Gasteiger partial charge in [-0.1, -0.05) is 18.2 Å². The first kappa shape index (κ1) is 104. The molecule has 7 aliphatic heterocycles. The lowest BCUT2D eigenvalue weighted by Crippen LogP contribution is -2.66. The average molecular weight is 1880 g/mol. The molecule has 0 aromatic heterocycles. The number of carbonyl (C=O) groups excluding carboxylic acids is 4. The third-order valence-electron chi connectivity index (χ3n) is 26.7. The van der Waals surface area contributed by atoms with Gasteiger partial charge in [0.05, 0.1) is 86.8 Å². The van der Waals surface area contributed by atoms with E-state index in [-0.39, 0.29) is 83.5 Å². The van der Waals surface area contributed by atoms with Crippen LogP contribution in [0.4, 0.5) is 0 Å². The first-order valence-electron chi connectivity index (χ1n) is 43.9. The molecule has 12 rings (SSSR count). The lowest BCUT2D eigenvalue weighted by atomic mass is 9.72. The Balaban J connectivity index is 0.712. The standard InChI is InChI=1S/C82H126O48/c1-112-45-17-32(18-46(113-2)74(45)129-80-72(111)65(104)60(99)49(25-84)124-80)7-13-55(94)115-28-52-63(102)68(107)76(82(127-52)122-47-22-35-43(118-73(47)33-8-9-36(86)37(87)19-33)20-34(85)21-44(35)121-79-71(110)67(106)62(101)51(126-79)29-116-57(96)23-53(91)92)130-81-75(58(97)40(90)26-117-81)128-56(95)14-6-31-4-11-42(39(89)16-31)120-78-70(109)66(105)61(100)50(125-78)27-114-54(93)12-5-30-3-10-41(38(88)15-30)119-77-69(108)64(103)59(98)48(24-83)123-77/h5-7,12-14,30-52,58-90,97-111H,3-4,8-11,15-29H2,1-2H3,(H,91,92)/p+1. The number of aliphatic carboxylic acids is 1. The maximum atomic E-state index is 14.1. The summed E-state index contributed by atoms with van der Waals surface area (Å²) in [6.45, 7) is -4.47. The number of aliphatic hydroxyl groups excluding tert-OH is 23. The van der Waals surface area contributed by atoms with Crippen LogP contribution in [0.15, 0.2) is 36.5 Å². The fourth-order valence-electron chi connectivity index (χ4n) is 19.2. The van der Waals surface area contributed by atoms with Crippen molar-refractivity contribution < 1.29 is 237 Å². The summed E-state index contributed by atoms with van der Waals surface area (Å²) in [6, 6.07) is 0. The van der Waals surface area contributed by atoms with Crippen LogP contribution in [0.25, 0.3) is 0 Å². The molecular formula is C82H127O48+. The van der Waals surface area contributed by atoms with Crippen molar-refractivity contribution in [1.82, 2.24) is 0 Å². The monoisotopic (exact) mass is 1880 g/mol. The van der Waals surface area contributed by atoms with Gasteiger partial charge in [0.15, 0.2) is 56.1 Å². The van der Waals surface area contributed by atoms with Gasteiger partial charge in [0.25, 0.3) is 0 Å². The van der Waals surface area contributed by atoms with Gasteiger partial charge < -0.3 is 213 Å². The SMILES string of the molecule is COC1CC(C=CC(=O)OCC2OC(OC3CC4C(OC5OC(COC(=O)CC(=O)O)C(O)C(O)C5O)CC(O)CC4[OH+]C3C3CCC(O)C(O)C3)C(OC3OCC(O)C(O)C3OC(=O)C=CC3CCC(OC4OC(COC(=O)C=CC5CCC(OC6OC(CO)C(O)C(O)C6O)C(O)C5)C(O)C(O)C4O)C(O)C3)C(O)C2O)CC(OC)C1OC1OC(CO)C(O)C(O)C1O. The van der Waals surface area contributed by atoms with E-state index in [2.05, 4.69) is 0 Å². The van der Waals surface area contributed by atoms with E-state index in [1.165, 1.54) is 32.4 Å². The smallest absolute Gasteiger partial charge is 0.330 e. The Morgan fingerprint density at radius 2 is 0.792 bits per heavy atom. The van der Waals surface area contributed by atoms with Crippen LogP contribution in [0.1, 0.15) is 96.3 Å². The summed E-state index contributed by atoms with van der Waals surface area (Å²) in [4.78, 5) is 64.4. The van der Waals surface area contributed by atoms with Crippen molar-refractivity contribution in [3.05, 3.63) is 36.5 Å². The zero-order chi connectivity index (χ0) is 94.1. The van der Waals surface area contributed by atoms with E-state index < -0.39 is 369 Å². The third-order valence-corrected chi connectivity index (χ3v) is 26.7. The van der Waals surface area contributed by atoms with Crippen molar-refractivity contribution in [2.24, 2.45) is 29.6 Å². The Morgan fingerprint density at radius 3 is 1.28 bits per heavy atom. The largest absolute Gasteiger partial charge is 0.481 e. The van der Waals surface area contributed by atoms with E-state index in [0.717, 1.165) is 18.2 Å². The predicted octanol–water partition coefficient (Wildman–Crippen LogP) is -11.6. The Bertz CT molecular complexity index is 3660. The first-order chi connectivity index (χ1) is 61.8. The molecule has 0 aromatic rings. The van der Waals surface area contributed by atoms with Crippen molar-refractivity contribution in [3.63, 3.8) is 0 Å². The van der Waals surface area contributed by atoms with E-state index >= 15 is 0 Å². The molecule has 12 fully saturated rings. The third kappa shape index (κ3) is 25.3. The van der Waals surface area contributed by atoms with Crippen molar-refractivity contribution in [1.29, 1.82) is 0 Å². The number of carboxylic acids is 1. The van der Waals surface area contributed by atoms with Crippen LogP contribution in [0, 0.1) is 29.6 Å². The molecule has 46 unspecified atom stereocenters. The maximum absolute atomic E-state index is 14.1. The molecule has 130 heavy (non-hydrogen) atoms. The minimum Gasteiger partial charge on any atom is -0.481 e. The molecule has 5 saturated carbocycles. The quantitative estimate of drug-likeness (QED) is 0.00978. The van der Waals surface area contributed by atoms with Crippen molar-refractivity contribution >= 4 is 29.8 Å². The topological polar surface area (TPSA) is 750 Å². The molecule has 48 nitrogen and oxygen atoms in total. The number of fused-ring (bicyclic) bond motifs is 1. The molecule has 0 aromatic carbocycles. The van der Waals surface area contributed by atoms with Crippen LogP contribution in [-0.4, -0.2) is 475 Å². The van der Waals surface area contributed by atoms with E-state index in [0.29, 0.717) is 6.42 Å². The number of allylic oxidation sites excluding steroid dienone is 3. The molecule has 7 heterocycles. The second kappa shape index (κ2) is 46.9. The van der Waals surface area contributed by atoms with Gasteiger partial charge in [0, 0.05) is 51.2 Å². The summed E-state index contributed by atoms with van der Waals surface area (Å²) < 4.78 is 111. The molecule has 5 aliphatic carbocycles. The molecule has 7 saturated heterocycles. The summed E-state index contributed by atoms with van der Waals surface area (Å²) in [7, 11) is 2.72.